The molecule has 2 aliphatic rings. The molecule has 0 spiro atoms. The summed E-state index contributed by atoms with van der Waals surface area (Å²) in [4.78, 5) is 53.0. The van der Waals surface area contributed by atoms with Gasteiger partial charge in [0.25, 0.3) is 10.9 Å². The molecule has 0 aliphatic carbocycles. The average Bonchev–Trinajstić information content (AvgIpc) is 3.46. The van der Waals surface area contributed by atoms with Crippen LogP contribution in [-0.2, 0) is 24.5 Å². The number of nitrogens with one attached hydrogen (secondary N) is 3. The summed E-state index contributed by atoms with van der Waals surface area (Å²) in [5.74, 6) is -1.99. The Hall–Kier alpha value is -3.34. The Bertz CT molecular complexity index is 1360. The van der Waals surface area contributed by atoms with E-state index in [-0.39, 0.29) is 29.3 Å². The van der Waals surface area contributed by atoms with Gasteiger partial charge in [-0.3, -0.25) is 14.5 Å². The number of hydrogen-bond acceptors (Lipinski definition) is 10. The van der Waals surface area contributed by atoms with Crippen molar-refractivity contribution in [2.24, 2.45) is 0 Å². The highest BCUT2D eigenvalue weighted by Gasteiger charge is 2.54. The quantitative estimate of drug-likeness (QED) is 0.1000. The predicted octanol–water partition coefficient (Wildman–Crippen LogP) is 1.55. The van der Waals surface area contributed by atoms with Crippen LogP contribution in [0, 0.1) is 5.21 Å². The van der Waals surface area contributed by atoms with Crippen LogP contribution < -0.4 is 20.8 Å². The van der Waals surface area contributed by atoms with Gasteiger partial charge < -0.3 is 31.0 Å². The molecule has 220 valence electrons. The lowest BCUT2D eigenvalue weighted by atomic mass is 9.92. The number of carbonyl (C=O) groups is 4. The van der Waals surface area contributed by atoms with Gasteiger partial charge in [0.1, 0.15) is 35.6 Å². The van der Waals surface area contributed by atoms with Crippen LogP contribution in [0.4, 0.5) is 4.79 Å². The number of carboxylic acid groups (broad SMARTS) is 1. The van der Waals surface area contributed by atoms with Crippen molar-refractivity contribution in [3.8, 4) is 0 Å². The van der Waals surface area contributed by atoms with Gasteiger partial charge in [0, 0.05) is 40.1 Å². The SMILES string of the molecule is COCNC(=O)NC(C(=O)N[C@H]1C(=O)N2C(C(=O)O)=C(CSc3ccc(C(C)(C)C)n[n+]3[O-])CSC12)c1cccs1. The third kappa shape index (κ3) is 6.77. The first-order chi connectivity index (χ1) is 19.4. The van der Waals surface area contributed by atoms with Gasteiger partial charge in [0.15, 0.2) is 0 Å². The molecule has 41 heavy (non-hydrogen) atoms. The number of rotatable bonds is 10. The molecule has 0 aromatic carbocycles. The smallest absolute Gasteiger partial charge is 0.352 e. The minimum atomic E-state index is -1.27. The third-order valence-corrected chi connectivity index (χ3v) is 9.58. The number of hydrogen-bond donors (Lipinski definition) is 4. The first-order valence-electron chi connectivity index (χ1n) is 12.4. The number of amides is 4. The molecule has 13 nitrogen and oxygen atoms in total. The van der Waals surface area contributed by atoms with Gasteiger partial charge >= 0.3 is 12.0 Å². The molecule has 1 fully saturated rings. The fourth-order valence-electron chi connectivity index (χ4n) is 4.13. The molecule has 2 aliphatic heterocycles. The molecule has 3 atom stereocenters. The molecular weight excluding hydrogens is 593 g/mol. The number of urea groups is 1. The number of thiophene rings is 1. The number of aliphatic carboxylic acids is 1. The topological polar surface area (TPSA) is 177 Å². The summed E-state index contributed by atoms with van der Waals surface area (Å²) in [5.41, 5.74) is 0.656. The van der Waals surface area contributed by atoms with Crippen molar-refractivity contribution in [1.29, 1.82) is 0 Å². The van der Waals surface area contributed by atoms with E-state index < -0.39 is 41.3 Å². The molecule has 0 saturated carbocycles. The second kappa shape index (κ2) is 12.7. The van der Waals surface area contributed by atoms with E-state index in [2.05, 4.69) is 21.0 Å². The zero-order chi connectivity index (χ0) is 29.9. The first kappa shape index (κ1) is 30.6. The molecule has 0 radical (unpaired) electrons. The van der Waals surface area contributed by atoms with Gasteiger partial charge in [0.2, 0.25) is 5.91 Å². The van der Waals surface area contributed by atoms with Gasteiger partial charge in [-0.05, 0) is 39.7 Å². The molecule has 4 rings (SSSR count). The van der Waals surface area contributed by atoms with Gasteiger partial charge in [-0.1, -0.05) is 26.8 Å². The number of carbonyl (C=O) groups excluding carboxylic acids is 3. The summed E-state index contributed by atoms with van der Waals surface area (Å²) >= 11 is 3.72. The molecule has 1 saturated heterocycles. The highest BCUT2D eigenvalue weighted by atomic mass is 32.2. The second-order valence-electron chi connectivity index (χ2n) is 10.2. The normalized spacial score (nSPS) is 19.2. The number of nitrogens with zero attached hydrogens (tertiary/aromatic N) is 3. The van der Waals surface area contributed by atoms with Crippen molar-refractivity contribution >= 4 is 58.7 Å². The van der Waals surface area contributed by atoms with Gasteiger partial charge in [0.05, 0.1) is 0 Å². The summed E-state index contributed by atoms with van der Waals surface area (Å²) in [6.07, 6.45) is 0. The molecule has 0 bridgehead atoms. The Labute approximate surface area is 248 Å². The van der Waals surface area contributed by atoms with Crippen LogP contribution in [0.1, 0.15) is 37.4 Å². The van der Waals surface area contributed by atoms with Gasteiger partial charge in [-0.15, -0.1) is 23.1 Å². The largest absolute Gasteiger partial charge is 0.593 e. The number of fused-ring (bicyclic) bond motifs is 1. The van der Waals surface area contributed by atoms with Crippen LogP contribution in [0.2, 0.25) is 0 Å². The second-order valence-corrected chi connectivity index (χ2v) is 13.2. The number of methoxy groups -OCH3 is 1. The Kier molecular flexibility index (Phi) is 9.46. The van der Waals surface area contributed by atoms with Crippen LogP contribution in [0.15, 0.2) is 45.9 Å². The monoisotopic (exact) mass is 622 g/mol. The summed E-state index contributed by atoms with van der Waals surface area (Å²) in [5, 5.41) is 35.7. The van der Waals surface area contributed by atoms with E-state index in [0.29, 0.717) is 26.0 Å². The molecule has 4 amide bonds. The van der Waals surface area contributed by atoms with E-state index >= 15 is 0 Å². The van der Waals surface area contributed by atoms with E-state index in [1.165, 1.54) is 35.1 Å². The molecule has 2 unspecified atom stereocenters. The summed E-state index contributed by atoms with van der Waals surface area (Å²) < 4.78 is 4.82. The maximum atomic E-state index is 13.2. The van der Waals surface area contributed by atoms with Crippen molar-refractivity contribution in [2.75, 3.05) is 25.3 Å². The lowest BCUT2D eigenvalue weighted by Gasteiger charge is -2.49. The van der Waals surface area contributed by atoms with E-state index in [0.717, 1.165) is 11.8 Å². The third-order valence-electron chi connectivity index (χ3n) is 6.22. The Morgan fingerprint density at radius 2 is 2.07 bits per heavy atom. The van der Waals surface area contributed by atoms with Crippen molar-refractivity contribution in [3.63, 3.8) is 0 Å². The van der Waals surface area contributed by atoms with Crippen molar-refractivity contribution in [2.45, 2.75) is 48.7 Å². The standard InChI is InChI=1S/C25H30N6O7S3/c1-25(2,3)15-7-8-16(31(37)29-15)40-10-13-11-41-22-18(21(33)30(22)19(13)23(34)35)27-20(32)17(14-6-5-9-39-14)28-24(36)26-12-38-4/h5-9,17-18,22H,10-12H2,1-4H3,(H,27,32)(H,34,35)(H2,26,28,36)/t17?,18-,22?/m0/s1. The number of carboxylic acids is 1. The molecule has 2 aromatic rings. The van der Waals surface area contributed by atoms with Crippen LogP contribution in [0.3, 0.4) is 0 Å². The molecule has 2 aromatic heterocycles. The fraction of sp³-hybridized carbons (Fsp3) is 0.440. The molecule has 16 heteroatoms. The minimum absolute atomic E-state index is 0.0577. The summed E-state index contributed by atoms with van der Waals surface area (Å²) in [6.45, 7) is 5.78. The lowest BCUT2D eigenvalue weighted by molar-refractivity contribution is -0.707. The van der Waals surface area contributed by atoms with E-state index in [1.54, 1.807) is 29.6 Å². The van der Waals surface area contributed by atoms with E-state index in [9.17, 15) is 29.5 Å². The zero-order valence-corrected chi connectivity index (χ0v) is 25.2. The Balaban J connectivity index is 1.46. The number of ether oxygens (including phenoxy) is 1. The van der Waals surface area contributed by atoms with Crippen LogP contribution in [0.5, 0.6) is 0 Å². The first-order valence-corrected chi connectivity index (χ1v) is 15.3. The maximum absolute atomic E-state index is 13.2. The fourth-order valence-corrected chi connectivity index (χ4v) is 7.26. The number of thioether (sulfide) groups is 2. The molecular formula is C25H30N6O7S3. The average molecular weight is 623 g/mol. The van der Waals surface area contributed by atoms with Crippen LogP contribution in [0.25, 0.3) is 0 Å². The van der Waals surface area contributed by atoms with Crippen molar-refractivity contribution in [3.05, 3.63) is 56.7 Å². The van der Waals surface area contributed by atoms with Crippen LogP contribution >= 0.6 is 34.9 Å². The summed E-state index contributed by atoms with van der Waals surface area (Å²) in [7, 11) is 1.41. The zero-order valence-electron chi connectivity index (χ0n) is 22.7. The molecule has 4 heterocycles. The Morgan fingerprint density at radius 1 is 1.32 bits per heavy atom. The van der Waals surface area contributed by atoms with Gasteiger partial charge in [-0.25, -0.2) is 9.59 Å². The number of aromatic nitrogens is 2. The highest BCUT2D eigenvalue weighted by Crippen LogP contribution is 2.41. The van der Waals surface area contributed by atoms with Gasteiger partial charge in [-0.2, -0.15) is 0 Å². The lowest BCUT2D eigenvalue weighted by Crippen LogP contribution is -2.71. The summed E-state index contributed by atoms with van der Waals surface area (Å²) in [6, 6.07) is 4.16. The van der Waals surface area contributed by atoms with Crippen LogP contribution in [-0.4, -0.2) is 75.7 Å². The van der Waals surface area contributed by atoms with Crippen molar-refractivity contribution < 1.29 is 33.9 Å². The van der Waals surface area contributed by atoms with Crippen molar-refractivity contribution in [1.82, 2.24) is 25.9 Å². The number of β-lactam (4-membered cyclic amide) rings is 1. The Morgan fingerprint density at radius 3 is 2.68 bits per heavy atom. The highest BCUT2D eigenvalue weighted by molar-refractivity contribution is 8.01. The predicted molar refractivity (Wildman–Crippen MR) is 153 cm³/mol. The maximum Gasteiger partial charge on any atom is 0.352 e. The molecule has 4 N–H and O–H groups in total. The van der Waals surface area contributed by atoms with E-state index in [1.807, 2.05) is 20.8 Å². The van der Waals surface area contributed by atoms with E-state index in [4.69, 9.17) is 4.74 Å². The minimum Gasteiger partial charge on any atom is -0.593 e.